The summed E-state index contributed by atoms with van der Waals surface area (Å²) >= 11 is 0. The highest BCUT2D eigenvalue weighted by molar-refractivity contribution is 5.48. The molecule has 1 N–H and O–H groups in total. The van der Waals surface area contributed by atoms with E-state index in [1.807, 2.05) is 12.1 Å². The summed E-state index contributed by atoms with van der Waals surface area (Å²) in [5, 5.41) is 9.26. The number of aromatic nitrogens is 1. The van der Waals surface area contributed by atoms with Gasteiger partial charge in [-0.25, -0.2) is 4.98 Å². The molecule has 3 nitrogen and oxygen atoms in total. The molecule has 1 aliphatic rings. The van der Waals surface area contributed by atoms with Crippen molar-refractivity contribution in [2.24, 2.45) is 5.92 Å². The van der Waals surface area contributed by atoms with Crippen LogP contribution in [-0.4, -0.2) is 22.7 Å². The fourth-order valence-corrected chi connectivity index (χ4v) is 2.41. The first kappa shape index (κ1) is 10.4. The minimum absolute atomic E-state index is 0.0702. The highest BCUT2D eigenvalue weighted by Gasteiger charge is 2.28. The minimum atomic E-state index is 0.0702. The van der Waals surface area contributed by atoms with E-state index in [2.05, 4.69) is 23.7 Å². The molecule has 1 saturated heterocycles. The van der Waals surface area contributed by atoms with Gasteiger partial charge in [-0.05, 0) is 25.3 Å². The van der Waals surface area contributed by atoms with Crippen molar-refractivity contribution >= 4 is 5.82 Å². The van der Waals surface area contributed by atoms with Crippen molar-refractivity contribution in [1.29, 1.82) is 0 Å². The van der Waals surface area contributed by atoms with Crippen LogP contribution in [0.15, 0.2) is 18.3 Å². The number of aliphatic hydroxyl groups is 1. The number of hydrogen-bond donors (Lipinski definition) is 1. The van der Waals surface area contributed by atoms with E-state index in [0.29, 0.717) is 12.0 Å². The molecule has 3 heteroatoms. The van der Waals surface area contributed by atoms with Crippen LogP contribution in [0.2, 0.25) is 0 Å². The summed E-state index contributed by atoms with van der Waals surface area (Å²) in [7, 11) is 0. The highest BCUT2D eigenvalue weighted by atomic mass is 16.3. The Hall–Kier alpha value is -1.09. The van der Waals surface area contributed by atoms with Crippen molar-refractivity contribution in [3.8, 4) is 0 Å². The number of pyridine rings is 1. The summed E-state index contributed by atoms with van der Waals surface area (Å²) in [6, 6.07) is 4.34. The molecule has 0 bridgehead atoms. The van der Waals surface area contributed by atoms with Crippen molar-refractivity contribution in [3.05, 3.63) is 23.9 Å². The van der Waals surface area contributed by atoms with E-state index in [0.717, 1.165) is 17.9 Å². The number of aliphatic hydroxyl groups excluding tert-OH is 1. The molecule has 1 aromatic rings. The van der Waals surface area contributed by atoms with Gasteiger partial charge in [-0.1, -0.05) is 13.0 Å². The standard InChI is InChI=1S/C12H18N2O/c1-9-6-10(2)14(7-9)12-11(8-15)4-3-5-13-12/h3-5,9-10,15H,6-8H2,1-2H3. The largest absolute Gasteiger partial charge is 0.392 e. The summed E-state index contributed by atoms with van der Waals surface area (Å²) in [6.45, 7) is 5.60. The number of anilines is 1. The van der Waals surface area contributed by atoms with Gasteiger partial charge in [0.25, 0.3) is 0 Å². The van der Waals surface area contributed by atoms with E-state index in [9.17, 15) is 5.11 Å². The van der Waals surface area contributed by atoms with Crippen LogP contribution in [0.25, 0.3) is 0 Å². The van der Waals surface area contributed by atoms with Gasteiger partial charge in [0.05, 0.1) is 6.61 Å². The minimum Gasteiger partial charge on any atom is -0.392 e. The Morgan fingerprint density at radius 3 is 2.93 bits per heavy atom. The molecule has 0 spiro atoms. The normalized spacial score (nSPS) is 25.9. The molecule has 2 heterocycles. The number of hydrogen-bond acceptors (Lipinski definition) is 3. The molecule has 0 aromatic carbocycles. The Labute approximate surface area is 90.8 Å². The van der Waals surface area contributed by atoms with Crippen molar-refractivity contribution < 1.29 is 5.11 Å². The fraction of sp³-hybridized carbons (Fsp3) is 0.583. The van der Waals surface area contributed by atoms with Gasteiger partial charge in [0, 0.05) is 24.3 Å². The molecule has 0 saturated carbocycles. The van der Waals surface area contributed by atoms with E-state index in [-0.39, 0.29) is 6.61 Å². The third-order valence-corrected chi connectivity index (χ3v) is 3.09. The zero-order chi connectivity index (χ0) is 10.8. The quantitative estimate of drug-likeness (QED) is 0.801. The van der Waals surface area contributed by atoms with Gasteiger partial charge < -0.3 is 10.0 Å². The van der Waals surface area contributed by atoms with Crippen LogP contribution < -0.4 is 4.90 Å². The SMILES string of the molecule is CC1CC(C)N(c2ncccc2CO)C1. The van der Waals surface area contributed by atoms with Gasteiger partial charge >= 0.3 is 0 Å². The Bertz CT molecular complexity index is 340. The average molecular weight is 206 g/mol. The van der Waals surface area contributed by atoms with Gasteiger partial charge in [-0.2, -0.15) is 0 Å². The van der Waals surface area contributed by atoms with Crippen LogP contribution in [0.5, 0.6) is 0 Å². The molecule has 1 fully saturated rings. The first-order valence-corrected chi connectivity index (χ1v) is 5.53. The van der Waals surface area contributed by atoms with Gasteiger partial charge in [0.15, 0.2) is 0 Å². The lowest BCUT2D eigenvalue weighted by atomic mass is 10.1. The fourth-order valence-electron chi connectivity index (χ4n) is 2.41. The second-order valence-electron chi connectivity index (χ2n) is 4.49. The van der Waals surface area contributed by atoms with E-state index in [1.54, 1.807) is 6.20 Å². The molecule has 0 radical (unpaired) electrons. The van der Waals surface area contributed by atoms with Crippen molar-refractivity contribution in [1.82, 2.24) is 4.98 Å². The zero-order valence-electron chi connectivity index (χ0n) is 9.35. The van der Waals surface area contributed by atoms with Crippen LogP contribution in [-0.2, 0) is 6.61 Å². The monoisotopic (exact) mass is 206 g/mol. The van der Waals surface area contributed by atoms with Crippen LogP contribution in [0.3, 0.4) is 0 Å². The Morgan fingerprint density at radius 2 is 2.33 bits per heavy atom. The predicted octanol–water partition coefficient (Wildman–Crippen LogP) is 1.81. The summed E-state index contributed by atoms with van der Waals surface area (Å²) in [5.74, 6) is 1.67. The molecular formula is C12H18N2O. The summed E-state index contributed by atoms with van der Waals surface area (Å²) in [4.78, 5) is 6.68. The first-order chi connectivity index (χ1) is 7.22. The van der Waals surface area contributed by atoms with Crippen molar-refractivity contribution in [3.63, 3.8) is 0 Å². The molecule has 0 aliphatic carbocycles. The molecule has 2 unspecified atom stereocenters. The Kier molecular flexibility index (Phi) is 2.91. The second kappa shape index (κ2) is 4.19. The molecule has 82 valence electrons. The van der Waals surface area contributed by atoms with E-state index < -0.39 is 0 Å². The van der Waals surface area contributed by atoms with Crippen LogP contribution in [0, 0.1) is 5.92 Å². The first-order valence-electron chi connectivity index (χ1n) is 5.53. The second-order valence-corrected chi connectivity index (χ2v) is 4.49. The van der Waals surface area contributed by atoms with Crippen LogP contribution in [0.4, 0.5) is 5.82 Å². The molecule has 0 amide bonds. The third-order valence-electron chi connectivity index (χ3n) is 3.09. The van der Waals surface area contributed by atoms with Crippen molar-refractivity contribution in [2.45, 2.75) is 32.9 Å². The average Bonchev–Trinajstić information content (AvgIpc) is 2.57. The predicted molar refractivity (Wildman–Crippen MR) is 60.7 cm³/mol. The topological polar surface area (TPSA) is 36.4 Å². The smallest absolute Gasteiger partial charge is 0.134 e. The zero-order valence-corrected chi connectivity index (χ0v) is 9.35. The van der Waals surface area contributed by atoms with Gasteiger partial charge in [0.1, 0.15) is 5.82 Å². The lowest BCUT2D eigenvalue weighted by Crippen LogP contribution is -2.28. The lowest BCUT2D eigenvalue weighted by molar-refractivity contribution is 0.281. The molecule has 1 aromatic heterocycles. The summed E-state index contributed by atoms with van der Waals surface area (Å²) < 4.78 is 0. The van der Waals surface area contributed by atoms with Gasteiger partial charge in [-0.15, -0.1) is 0 Å². The maximum Gasteiger partial charge on any atom is 0.134 e. The van der Waals surface area contributed by atoms with Crippen LogP contribution in [0.1, 0.15) is 25.8 Å². The molecule has 1 aliphatic heterocycles. The van der Waals surface area contributed by atoms with Gasteiger partial charge in [0.2, 0.25) is 0 Å². The molecule has 2 rings (SSSR count). The van der Waals surface area contributed by atoms with E-state index in [4.69, 9.17) is 0 Å². The summed E-state index contributed by atoms with van der Waals surface area (Å²) in [5.41, 5.74) is 0.929. The Balaban J connectivity index is 2.29. The summed E-state index contributed by atoms with van der Waals surface area (Å²) in [6.07, 6.45) is 3.01. The molecular weight excluding hydrogens is 188 g/mol. The van der Waals surface area contributed by atoms with E-state index >= 15 is 0 Å². The number of rotatable bonds is 2. The lowest BCUT2D eigenvalue weighted by Gasteiger charge is -2.24. The molecule has 2 atom stereocenters. The van der Waals surface area contributed by atoms with Crippen LogP contribution >= 0.6 is 0 Å². The maximum atomic E-state index is 9.26. The van der Waals surface area contributed by atoms with E-state index in [1.165, 1.54) is 6.42 Å². The maximum absolute atomic E-state index is 9.26. The van der Waals surface area contributed by atoms with Crippen molar-refractivity contribution in [2.75, 3.05) is 11.4 Å². The third kappa shape index (κ3) is 1.97. The number of nitrogens with zero attached hydrogens (tertiary/aromatic N) is 2. The molecule has 15 heavy (non-hydrogen) atoms. The highest BCUT2D eigenvalue weighted by Crippen LogP contribution is 2.29. The Morgan fingerprint density at radius 1 is 1.53 bits per heavy atom. The van der Waals surface area contributed by atoms with Gasteiger partial charge in [-0.3, -0.25) is 0 Å².